The van der Waals surface area contributed by atoms with Crippen LogP contribution >= 0.6 is 0 Å². The van der Waals surface area contributed by atoms with Gasteiger partial charge >= 0.3 is 0 Å². The molecule has 0 aromatic heterocycles. The molecule has 0 nitrogen and oxygen atoms in total. The van der Waals surface area contributed by atoms with Gasteiger partial charge in [-0.15, -0.1) is 0 Å². The Morgan fingerprint density at radius 1 is 0.379 bits per heavy atom. The molecule has 4 saturated carbocycles. The fourth-order valence-corrected chi connectivity index (χ4v) is 5.88. The molecule has 0 heteroatoms. The molecule has 0 radical (unpaired) electrons. The molecule has 172 valence electrons. The van der Waals surface area contributed by atoms with E-state index in [0.717, 1.165) is 29.6 Å². The fraction of sp³-hybridized carbons (Fsp3) is 1.00. The van der Waals surface area contributed by atoms with Gasteiger partial charge in [-0.1, -0.05) is 94.4 Å². The fourth-order valence-electron chi connectivity index (χ4n) is 5.88. The van der Waals surface area contributed by atoms with Crippen molar-refractivity contribution >= 4 is 0 Å². The van der Waals surface area contributed by atoms with Gasteiger partial charge in [-0.05, 0) is 90.8 Å². The summed E-state index contributed by atoms with van der Waals surface area (Å²) in [5, 5.41) is 0. The third kappa shape index (κ3) is 8.57. The Labute approximate surface area is 185 Å². The van der Waals surface area contributed by atoms with Gasteiger partial charge in [0.2, 0.25) is 0 Å². The predicted octanol–water partition coefficient (Wildman–Crippen LogP) is 9.91. The summed E-state index contributed by atoms with van der Waals surface area (Å²) in [4.78, 5) is 0. The maximum atomic E-state index is 2.43. The molecule has 3 atom stereocenters. The van der Waals surface area contributed by atoms with E-state index in [1.807, 2.05) is 0 Å². The molecule has 0 saturated heterocycles. The smallest absolute Gasteiger partial charge is 0.0354 e. The summed E-state index contributed by atoms with van der Waals surface area (Å²) in [7, 11) is 0. The molecule has 3 unspecified atom stereocenters. The summed E-state index contributed by atoms with van der Waals surface area (Å²) in [6.45, 7) is 21.3. The van der Waals surface area contributed by atoms with Gasteiger partial charge < -0.3 is 0 Å². The van der Waals surface area contributed by atoms with Crippen molar-refractivity contribution in [3.8, 4) is 0 Å². The van der Waals surface area contributed by atoms with E-state index in [-0.39, 0.29) is 0 Å². The Bertz CT molecular complexity index is 458. The van der Waals surface area contributed by atoms with Crippen LogP contribution in [0, 0.1) is 45.8 Å². The van der Waals surface area contributed by atoms with E-state index in [2.05, 4.69) is 62.3 Å². The van der Waals surface area contributed by atoms with Crippen LogP contribution in [-0.2, 0) is 0 Å². The first-order valence-electron chi connectivity index (χ1n) is 13.3. The molecule has 0 aliphatic heterocycles. The summed E-state index contributed by atoms with van der Waals surface area (Å²) >= 11 is 0. The van der Waals surface area contributed by atoms with Crippen LogP contribution in [-0.4, -0.2) is 0 Å². The maximum absolute atomic E-state index is 2.43. The van der Waals surface area contributed by atoms with E-state index >= 15 is 0 Å². The van der Waals surface area contributed by atoms with E-state index in [1.165, 1.54) is 70.6 Å². The van der Waals surface area contributed by atoms with Crippen molar-refractivity contribution < 1.29 is 0 Å². The first-order chi connectivity index (χ1) is 13.3. The van der Waals surface area contributed by atoms with Crippen LogP contribution < -0.4 is 0 Å². The minimum absolute atomic E-state index is 0.558. The highest BCUT2D eigenvalue weighted by atomic mass is 14.4. The van der Waals surface area contributed by atoms with Crippen molar-refractivity contribution in [1.29, 1.82) is 0 Å². The predicted molar refractivity (Wildman–Crippen MR) is 131 cm³/mol. The zero-order valence-electron chi connectivity index (χ0n) is 21.9. The number of fused-ring (bicyclic) bond motifs is 1. The average Bonchev–Trinajstić information content (AvgIpc) is 3.36. The molecule has 0 N–H and O–H groups in total. The largest absolute Gasteiger partial charge is 0.0599 e. The molecule has 0 heterocycles. The van der Waals surface area contributed by atoms with Gasteiger partial charge in [0.1, 0.15) is 0 Å². The highest BCUT2D eigenvalue weighted by Gasteiger charge is 2.36. The summed E-state index contributed by atoms with van der Waals surface area (Å²) in [6.07, 6.45) is 18.1. The minimum Gasteiger partial charge on any atom is -0.0599 e. The lowest BCUT2D eigenvalue weighted by molar-refractivity contribution is 0.0720. The summed E-state index contributed by atoms with van der Waals surface area (Å²) in [5.41, 5.74) is 1.76. The molecule has 4 aliphatic carbocycles. The standard InChI is InChI=1S/C14H26.C8H16.C7H14/c1-14(2,3)13-9-8-11-6-4-5-7-12(11)10-13;1-8(2,3)7-5-4-6-7;1-7(2,3)6-4-5-6/h11-13H,4-10H2,1-3H3;7H,4-6H2,1-3H3;6H,4-5H2,1-3H3. The Morgan fingerprint density at radius 2 is 0.793 bits per heavy atom. The van der Waals surface area contributed by atoms with E-state index in [4.69, 9.17) is 0 Å². The van der Waals surface area contributed by atoms with Crippen molar-refractivity contribution in [1.82, 2.24) is 0 Å². The molecule has 29 heavy (non-hydrogen) atoms. The average molecular weight is 405 g/mol. The van der Waals surface area contributed by atoms with Crippen molar-refractivity contribution in [2.75, 3.05) is 0 Å². The van der Waals surface area contributed by atoms with Gasteiger partial charge in [-0.2, -0.15) is 0 Å². The van der Waals surface area contributed by atoms with E-state index in [9.17, 15) is 0 Å². The Hall–Kier alpha value is 0. The third-order valence-corrected chi connectivity index (χ3v) is 8.90. The van der Waals surface area contributed by atoms with Gasteiger partial charge in [0.05, 0.1) is 0 Å². The van der Waals surface area contributed by atoms with Crippen LogP contribution in [0.25, 0.3) is 0 Å². The van der Waals surface area contributed by atoms with Gasteiger partial charge in [0, 0.05) is 0 Å². The molecule has 0 aromatic rings. The molecule has 0 amide bonds. The van der Waals surface area contributed by atoms with Crippen molar-refractivity contribution in [3.63, 3.8) is 0 Å². The van der Waals surface area contributed by atoms with Crippen LogP contribution in [0.2, 0.25) is 0 Å². The van der Waals surface area contributed by atoms with Crippen molar-refractivity contribution in [3.05, 3.63) is 0 Å². The summed E-state index contributed by atoms with van der Waals surface area (Å²) in [5.74, 6) is 5.29. The quantitative estimate of drug-likeness (QED) is 0.376. The number of rotatable bonds is 0. The van der Waals surface area contributed by atoms with Crippen LogP contribution in [0.4, 0.5) is 0 Å². The second-order valence-electron chi connectivity index (χ2n) is 14.3. The second-order valence-corrected chi connectivity index (χ2v) is 14.3. The zero-order valence-corrected chi connectivity index (χ0v) is 21.9. The minimum atomic E-state index is 0.558. The molecule has 4 aliphatic rings. The van der Waals surface area contributed by atoms with Crippen LogP contribution in [0.1, 0.15) is 139 Å². The summed E-state index contributed by atoms with van der Waals surface area (Å²) in [6, 6.07) is 0. The van der Waals surface area contributed by atoms with Gasteiger partial charge in [0.15, 0.2) is 0 Å². The molecule has 0 spiro atoms. The van der Waals surface area contributed by atoms with Crippen molar-refractivity contribution in [2.45, 2.75) is 139 Å². The molecular weight excluding hydrogens is 348 g/mol. The normalized spacial score (nSPS) is 30.7. The van der Waals surface area contributed by atoms with Crippen LogP contribution in [0.15, 0.2) is 0 Å². The molecule has 0 bridgehead atoms. The molecule has 0 aromatic carbocycles. The summed E-state index contributed by atoms with van der Waals surface area (Å²) < 4.78 is 0. The Morgan fingerprint density at radius 3 is 1.10 bits per heavy atom. The van der Waals surface area contributed by atoms with Gasteiger partial charge in [0.25, 0.3) is 0 Å². The number of hydrogen-bond acceptors (Lipinski definition) is 0. The second kappa shape index (κ2) is 10.1. The van der Waals surface area contributed by atoms with E-state index in [1.54, 1.807) is 6.42 Å². The monoisotopic (exact) mass is 404 g/mol. The van der Waals surface area contributed by atoms with Gasteiger partial charge in [-0.3, -0.25) is 0 Å². The lowest BCUT2D eigenvalue weighted by Gasteiger charge is -2.44. The molecule has 4 fully saturated rings. The third-order valence-electron chi connectivity index (χ3n) is 8.90. The first kappa shape index (κ1) is 25.3. The SMILES string of the molecule is CC(C)(C)C1CC1.CC(C)(C)C1CCC1.CC(C)(C)C1CCC2CCCCC2C1. The van der Waals surface area contributed by atoms with E-state index < -0.39 is 0 Å². The van der Waals surface area contributed by atoms with Crippen molar-refractivity contribution in [2.24, 2.45) is 45.8 Å². The Kier molecular flexibility index (Phi) is 8.78. The lowest BCUT2D eigenvalue weighted by Crippen LogP contribution is -2.33. The highest BCUT2D eigenvalue weighted by molar-refractivity contribution is 4.87. The van der Waals surface area contributed by atoms with Gasteiger partial charge in [-0.25, -0.2) is 0 Å². The zero-order chi connectivity index (χ0) is 21.9. The lowest BCUT2D eigenvalue weighted by atomic mass is 9.62. The Balaban J connectivity index is 0.000000170. The first-order valence-corrected chi connectivity index (χ1v) is 13.3. The maximum Gasteiger partial charge on any atom is -0.0354 e. The van der Waals surface area contributed by atoms with Crippen LogP contribution in [0.5, 0.6) is 0 Å². The number of hydrogen-bond donors (Lipinski definition) is 0. The molecular formula is C29H56. The topological polar surface area (TPSA) is 0 Å². The highest BCUT2D eigenvalue weighted by Crippen LogP contribution is 2.47. The van der Waals surface area contributed by atoms with Crippen LogP contribution in [0.3, 0.4) is 0 Å². The molecule has 4 rings (SSSR count). The van der Waals surface area contributed by atoms with E-state index in [0.29, 0.717) is 16.2 Å².